The Labute approximate surface area is 94.2 Å². The zero-order valence-corrected chi connectivity index (χ0v) is 9.14. The van der Waals surface area contributed by atoms with Gasteiger partial charge in [-0.3, -0.25) is 9.59 Å². The summed E-state index contributed by atoms with van der Waals surface area (Å²) < 4.78 is 0. The molecule has 2 amide bonds. The van der Waals surface area contributed by atoms with Gasteiger partial charge in [-0.05, 0) is 5.56 Å². The molecule has 1 heterocycles. The van der Waals surface area contributed by atoms with Crippen molar-refractivity contribution in [2.75, 3.05) is 13.1 Å². The molecule has 4 nitrogen and oxygen atoms in total. The van der Waals surface area contributed by atoms with Gasteiger partial charge in [-0.2, -0.15) is 0 Å². The minimum absolute atomic E-state index is 0.0450. The number of hydrogen-bond donors (Lipinski definition) is 1. The summed E-state index contributed by atoms with van der Waals surface area (Å²) in [6, 6.07) is 9.70. The first-order valence-electron chi connectivity index (χ1n) is 5.27. The predicted octanol–water partition coefficient (Wildman–Crippen LogP) is 0.706. The van der Waals surface area contributed by atoms with Gasteiger partial charge < -0.3 is 10.2 Å². The van der Waals surface area contributed by atoms with Gasteiger partial charge in [-0.15, -0.1) is 0 Å². The van der Waals surface area contributed by atoms with Crippen LogP contribution in [0.5, 0.6) is 0 Å². The molecule has 2 rings (SSSR count). The lowest BCUT2D eigenvalue weighted by Gasteiger charge is -2.35. The Balaban J connectivity index is 2.25. The van der Waals surface area contributed by atoms with E-state index in [0.29, 0.717) is 6.54 Å². The first kappa shape index (κ1) is 10.7. The fourth-order valence-corrected chi connectivity index (χ4v) is 1.95. The monoisotopic (exact) mass is 218 g/mol. The molecule has 0 spiro atoms. The Morgan fingerprint density at radius 1 is 1.38 bits per heavy atom. The average Bonchev–Trinajstić information content (AvgIpc) is 2.30. The third kappa shape index (κ3) is 2.05. The van der Waals surface area contributed by atoms with Crippen LogP contribution in [0.3, 0.4) is 0 Å². The number of piperazine rings is 1. The highest BCUT2D eigenvalue weighted by Gasteiger charge is 2.29. The van der Waals surface area contributed by atoms with E-state index in [4.69, 9.17) is 0 Å². The van der Waals surface area contributed by atoms with Crippen LogP contribution >= 0.6 is 0 Å². The standard InChI is InChI=1S/C12H14N2O2/c1-9(15)14-8-12(16)13-7-11(14)10-5-3-2-4-6-10/h2-6,11H,7-8H2,1H3,(H,13,16)/t11-/m0/s1. The minimum atomic E-state index is -0.0950. The lowest BCUT2D eigenvalue weighted by molar-refractivity contribution is -0.139. The molecule has 1 aromatic carbocycles. The number of carbonyl (C=O) groups excluding carboxylic acids is 2. The van der Waals surface area contributed by atoms with E-state index in [-0.39, 0.29) is 24.4 Å². The molecule has 0 unspecified atom stereocenters. The normalized spacial score (nSPS) is 20.4. The van der Waals surface area contributed by atoms with E-state index in [1.54, 1.807) is 4.90 Å². The van der Waals surface area contributed by atoms with Crippen LogP contribution in [0.4, 0.5) is 0 Å². The van der Waals surface area contributed by atoms with Crippen LogP contribution in [-0.2, 0) is 9.59 Å². The molecule has 84 valence electrons. The van der Waals surface area contributed by atoms with Crippen molar-refractivity contribution in [1.82, 2.24) is 10.2 Å². The summed E-state index contributed by atoms with van der Waals surface area (Å²) in [6.07, 6.45) is 0. The van der Waals surface area contributed by atoms with Crippen molar-refractivity contribution in [2.24, 2.45) is 0 Å². The van der Waals surface area contributed by atoms with Crippen molar-refractivity contribution in [3.8, 4) is 0 Å². The highest BCUT2D eigenvalue weighted by atomic mass is 16.2. The maximum atomic E-state index is 11.5. The summed E-state index contributed by atoms with van der Waals surface area (Å²) in [5.74, 6) is -0.161. The Morgan fingerprint density at radius 2 is 2.06 bits per heavy atom. The number of hydrogen-bond acceptors (Lipinski definition) is 2. The Kier molecular flexibility index (Phi) is 2.90. The van der Waals surface area contributed by atoms with Crippen LogP contribution in [0.25, 0.3) is 0 Å². The van der Waals surface area contributed by atoms with Crippen LogP contribution in [-0.4, -0.2) is 29.8 Å². The predicted molar refractivity (Wildman–Crippen MR) is 59.6 cm³/mol. The Bertz CT molecular complexity index is 403. The van der Waals surface area contributed by atoms with E-state index in [0.717, 1.165) is 5.56 Å². The van der Waals surface area contributed by atoms with Gasteiger partial charge in [0.1, 0.15) is 6.54 Å². The highest BCUT2D eigenvalue weighted by Crippen LogP contribution is 2.21. The quantitative estimate of drug-likeness (QED) is 0.754. The maximum absolute atomic E-state index is 11.5. The van der Waals surface area contributed by atoms with Crippen molar-refractivity contribution >= 4 is 11.8 Å². The molecule has 4 heteroatoms. The van der Waals surface area contributed by atoms with E-state index in [2.05, 4.69) is 5.32 Å². The molecule has 1 aromatic rings. The summed E-state index contributed by atoms with van der Waals surface area (Å²) in [7, 11) is 0. The Morgan fingerprint density at radius 3 is 2.69 bits per heavy atom. The second kappa shape index (κ2) is 4.35. The summed E-state index contributed by atoms with van der Waals surface area (Å²) in [4.78, 5) is 24.3. The van der Waals surface area contributed by atoms with Crippen molar-refractivity contribution < 1.29 is 9.59 Å². The van der Waals surface area contributed by atoms with Crippen molar-refractivity contribution in [3.05, 3.63) is 35.9 Å². The largest absolute Gasteiger partial charge is 0.352 e. The van der Waals surface area contributed by atoms with Crippen molar-refractivity contribution in [1.29, 1.82) is 0 Å². The van der Waals surface area contributed by atoms with Crippen LogP contribution in [0.2, 0.25) is 0 Å². The number of carbonyl (C=O) groups is 2. The molecular weight excluding hydrogens is 204 g/mol. The van der Waals surface area contributed by atoms with Gasteiger partial charge in [0, 0.05) is 13.5 Å². The zero-order valence-electron chi connectivity index (χ0n) is 9.14. The molecule has 1 fully saturated rings. The van der Waals surface area contributed by atoms with E-state index in [1.807, 2.05) is 30.3 Å². The molecular formula is C12H14N2O2. The lowest BCUT2D eigenvalue weighted by Crippen LogP contribution is -2.51. The molecule has 1 aliphatic heterocycles. The summed E-state index contributed by atoms with van der Waals surface area (Å²) >= 11 is 0. The summed E-state index contributed by atoms with van der Waals surface area (Å²) in [5, 5.41) is 2.78. The van der Waals surface area contributed by atoms with Gasteiger partial charge in [-0.1, -0.05) is 30.3 Å². The molecule has 1 atom stereocenters. The third-order valence-electron chi connectivity index (χ3n) is 2.77. The van der Waals surface area contributed by atoms with Gasteiger partial charge >= 0.3 is 0 Å². The van der Waals surface area contributed by atoms with Crippen molar-refractivity contribution in [3.63, 3.8) is 0 Å². The number of nitrogens with one attached hydrogen (secondary N) is 1. The van der Waals surface area contributed by atoms with E-state index >= 15 is 0 Å². The van der Waals surface area contributed by atoms with Crippen LogP contribution in [0.1, 0.15) is 18.5 Å². The van der Waals surface area contributed by atoms with E-state index in [1.165, 1.54) is 6.92 Å². The van der Waals surface area contributed by atoms with Crippen LogP contribution in [0, 0.1) is 0 Å². The minimum Gasteiger partial charge on any atom is -0.352 e. The van der Waals surface area contributed by atoms with Gasteiger partial charge in [0.2, 0.25) is 11.8 Å². The highest BCUT2D eigenvalue weighted by molar-refractivity contribution is 5.85. The molecule has 0 bridgehead atoms. The van der Waals surface area contributed by atoms with Crippen LogP contribution in [0.15, 0.2) is 30.3 Å². The summed E-state index contributed by atoms with van der Waals surface area (Å²) in [5.41, 5.74) is 1.05. The smallest absolute Gasteiger partial charge is 0.239 e. The number of nitrogens with zero attached hydrogens (tertiary/aromatic N) is 1. The van der Waals surface area contributed by atoms with Gasteiger partial charge in [-0.25, -0.2) is 0 Å². The van der Waals surface area contributed by atoms with Crippen molar-refractivity contribution in [2.45, 2.75) is 13.0 Å². The zero-order chi connectivity index (χ0) is 11.5. The lowest BCUT2D eigenvalue weighted by atomic mass is 10.0. The Hall–Kier alpha value is -1.84. The SMILES string of the molecule is CC(=O)N1CC(=O)NC[C@H]1c1ccccc1. The fraction of sp³-hybridized carbons (Fsp3) is 0.333. The molecule has 0 radical (unpaired) electrons. The third-order valence-corrected chi connectivity index (χ3v) is 2.77. The number of amides is 2. The molecule has 1 N–H and O–H groups in total. The summed E-state index contributed by atoms with van der Waals surface area (Å²) in [6.45, 7) is 2.13. The maximum Gasteiger partial charge on any atom is 0.239 e. The number of rotatable bonds is 1. The average molecular weight is 218 g/mol. The molecule has 0 saturated carbocycles. The second-order valence-electron chi connectivity index (χ2n) is 3.88. The van der Waals surface area contributed by atoms with E-state index in [9.17, 15) is 9.59 Å². The number of benzene rings is 1. The first-order valence-corrected chi connectivity index (χ1v) is 5.27. The van der Waals surface area contributed by atoms with Gasteiger partial charge in [0.25, 0.3) is 0 Å². The molecule has 0 aliphatic carbocycles. The fourth-order valence-electron chi connectivity index (χ4n) is 1.95. The molecule has 1 aliphatic rings. The van der Waals surface area contributed by atoms with Gasteiger partial charge in [0.15, 0.2) is 0 Å². The topological polar surface area (TPSA) is 49.4 Å². The second-order valence-corrected chi connectivity index (χ2v) is 3.88. The molecule has 0 aromatic heterocycles. The first-order chi connectivity index (χ1) is 7.68. The van der Waals surface area contributed by atoms with E-state index < -0.39 is 0 Å². The van der Waals surface area contributed by atoms with Gasteiger partial charge in [0.05, 0.1) is 6.04 Å². The molecule has 1 saturated heterocycles. The van der Waals surface area contributed by atoms with Crippen LogP contribution < -0.4 is 5.32 Å². The molecule has 16 heavy (non-hydrogen) atoms.